The van der Waals surface area contributed by atoms with Crippen molar-refractivity contribution in [2.45, 2.75) is 37.5 Å². The highest BCUT2D eigenvalue weighted by Gasteiger charge is 2.14. The largest absolute Gasteiger partial charge is 0.398 e. The summed E-state index contributed by atoms with van der Waals surface area (Å²) in [5, 5.41) is 4.61. The van der Waals surface area contributed by atoms with Crippen LogP contribution in [0.5, 0.6) is 0 Å². The van der Waals surface area contributed by atoms with E-state index in [1.165, 1.54) is 5.69 Å². The molecule has 0 bridgehead atoms. The van der Waals surface area contributed by atoms with Crippen LogP contribution in [0, 0.1) is 0 Å². The monoisotopic (exact) mass is 417 g/mol. The zero-order valence-electron chi connectivity index (χ0n) is 11.5. The van der Waals surface area contributed by atoms with Crippen molar-refractivity contribution in [1.82, 2.24) is 9.78 Å². The molecule has 0 aliphatic heterocycles. The smallest absolute Gasteiger partial charge is 0.0767 e. The van der Waals surface area contributed by atoms with E-state index in [-0.39, 0.29) is 0 Å². The minimum atomic E-state index is 0.804. The van der Waals surface area contributed by atoms with E-state index < -0.39 is 0 Å². The Morgan fingerprint density at radius 3 is 2.65 bits per heavy atom. The lowest BCUT2D eigenvalue weighted by molar-refractivity contribution is 0.627. The summed E-state index contributed by atoms with van der Waals surface area (Å²) in [6, 6.07) is 6.00. The van der Waals surface area contributed by atoms with Crippen LogP contribution in [-0.4, -0.2) is 9.78 Å². The van der Waals surface area contributed by atoms with E-state index in [9.17, 15) is 0 Å². The number of nitrogen functional groups attached to an aromatic ring is 1. The van der Waals surface area contributed by atoms with Gasteiger partial charge in [0.2, 0.25) is 0 Å². The van der Waals surface area contributed by atoms with E-state index in [1.54, 1.807) is 11.8 Å². The molecule has 2 N–H and O–H groups in total. The molecule has 1 aromatic carbocycles. The van der Waals surface area contributed by atoms with Crippen LogP contribution in [0.15, 0.2) is 32.0 Å². The lowest BCUT2D eigenvalue weighted by Gasteiger charge is -2.08. The fraction of sp³-hybridized carbons (Fsp3) is 0.357. The maximum absolute atomic E-state index is 6.04. The number of hydrogen-bond donors (Lipinski definition) is 1. The first kappa shape index (κ1) is 15.9. The number of anilines is 1. The number of nitrogens with zero attached hydrogens (tertiary/aromatic N) is 2. The third-order valence-corrected chi connectivity index (χ3v) is 5.54. The van der Waals surface area contributed by atoms with Crippen molar-refractivity contribution in [2.75, 3.05) is 5.73 Å². The third-order valence-electron chi connectivity index (χ3n) is 3.03. The Balaban J connectivity index is 2.20. The van der Waals surface area contributed by atoms with Gasteiger partial charge in [-0.1, -0.05) is 22.9 Å². The van der Waals surface area contributed by atoms with Gasteiger partial charge in [0.1, 0.15) is 0 Å². The molecule has 0 unspecified atom stereocenters. The summed E-state index contributed by atoms with van der Waals surface area (Å²) in [6.07, 6.45) is 0.936. The molecule has 1 heterocycles. The molecule has 0 aliphatic carbocycles. The summed E-state index contributed by atoms with van der Waals surface area (Å²) < 4.78 is 4.20. The number of thioether (sulfide) groups is 1. The number of aryl methyl sites for hydroxylation is 2. The highest BCUT2D eigenvalue weighted by molar-refractivity contribution is 9.10. The van der Waals surface area contributed by atoms with Crippen molar-refractivity contribution in [3.63, 3.8) is 0 Å². The molecular weight excluding hydrogens is 402 g/mol. The molecule has 0 amide bonds. The molecule has 0 spiro atoms. The molecule has 2 aromatic rings. The standard InChI is InChI=1S/C14H17Br2N3S/c1-3-11-14(16)12(19(4-2)18-11)8-20-13-6-5-9(15)7-10(13)17/h5-7H,3-4,8,17H2,1-2H3. The van der Waals surface area contributed by atoms with E-state index in [0.29, 0.717) is 0 Å². The van der Waals surface area contributed by atoms with Gasteiger partial charge in [0.15, 0.2) is 0 Å². The molecule has 0 radical (unpaired) electrons. The summed E-state index contributed by atoms with van der Waals surface area (Å²) in [7, 11) is 0. The van der Waals surface area contributed by atoms with E-state index in [1.807, 2.05) is 18.2 Å². The van der Waals surface area contributed by atoms with Crippen LogP contribution >= 0.6 is 43.6 Å². The van der Waals surface area contributed by atoms with Crippen LogP contribution in [-0.2, 0) is 18.7 Å². The number of hydrogen-bond acceptors (Lipinski definition) is 3. The summed E-state index contributed by atoms with van der Waals surface area (Å²) >= 11 is 8.84. The average molecular weight is 419 g/mol. The second kappa shape index (κ2) is 7.00. The first-order valence-corrected chi connectivity index (χ1v) is 9.05. The Morgan fingerprint density at radius 1 is 1.30 bits per heavy atom. The highest BCUT2D eigenvalue weighted by Crippen LogP contribution is 2.33. The van der Waals surface area contributed by atoms with Gasteiger partial charge in [0, 0.05) is 27.4 Å². The Labute approximate surface area is 140 Å². The fourth-order valence-corrected chi connectivity index (χ4v) is 4.20. The predicted octanol–water partition coefficient (Wildman–Crippen LogP) is 4.86. The SMILES string of the molecule is CCc1nn(CC)c(CSc2ccc(Br)cc2N)c1Br. The molecule has 20 heavy (non-hydrogen) atoms. The molecule has 0 aliphatic rings. The molecule has 6 heteroatoms. The quantitative estimate of drug-likeness (QED) is 0.556. The average Bonchev–Trinajstić information content (AvgIpc) is 2.74. The van der Waals surface area contributed by atoms with Gasteiger partial charge >= 0.3 is 0 Å². The number of aromatic nitrogens is 2. The van der Waals surface area contributed by atoms with Crippen LogP contribution in [0.2, 0.25) is 0 Å². The van der Waals surface area contributed by atoms with Crippen LogP contribution in [0.4, 0.5) is 5.69 Å². The summed E-state index contributed by atoms with van der Waals surface area (Å²) in [5.74, 6) is 0.854. The van der Waals surface area contributed by atoms with Crippen molar-refractivity contribution >= 4 is 49.3 Å². The topological polar surface area (TPSA) is 43.8 Å². The van der Waals surface area contributed by atoms with Gasteiger partial charge in [0.25, 0.3) is 0 Å². The predicted molar refractivity (Wildman–Crippen MR) is 93.1 cm³/mol. The van der Waals surface area contributed by atoms with Crippen molar-refractivity contribution in [3.8, 4) is 0 Å². The Bertz CT molecular complexity index is 611. The van der Waals surface area contributed by atoms with E-state index in [4.69, 9.17) is 5.73 Å². The fourth-order valence-electron chi connectivity index (χ4n) is 1.95. The Kier molecular flexibility index (Phi) is 5.57. The summed E-state index contributed by atoms with van der Waals surface area (Å²) in [5.41, 5.74) is 9.18. The van der Waals surface area contributed by atoms with Gasteiger partial charge in [0.05, 0.1) is 15.9 Å². The second-order valence-electron chi connectivity index (χ2n) is 4.35. The van der Waals surface area contributed by atoms with Gasteiger partial charge < -0.3 is 5.73 Å². The summed E-state index contributed by atoms with van der Waals surface area (Å²) in [6.45, 7) is 5.11. The Hall–Kier alpha value is -0.460. The summed E-state index contributed by atoms with van der Waals surface area (Å²) in [4.78, 5) is 1.10. The van der Waals surface area contributed by atoms with Crippen molar-refractivity contribution in [1.29, 1.82) is 0 Å². The van der Waals surface area contributed by atoms with Gasteiger partial charge in [-0.05, 0) is 47.5 Å². The van der Waals surface area contributed by atoms with E-state index in [0.717, 1.165) is 43.9 Å². The molecular formula is C14H17Br2N3S. The second-order valence-corrected chi connectivity index (χ2v) is 7.07. The van der Waals surface area contributed by atoms with Gasteiger partial charge in [-0.3, -0.25) is 4.68 Å². The van der Waals surface area contributed by atoms with Crippen LogP contribution < -0.4 is 5.73 Å². The lowest BCUT2D eigenvalue weighted by atomic mass is 10.3. The first-order valence-electron chi connectivity index (χ1n) is 6.48. The third kappa shape index (κ3) is 3.40. The zero-order chi connectivity index (χ0) is 14.7. The van der Waals surface area contributed by atoms with Crippen LogP contribution in [0.3, 0.4) is 0 Å². The molecule has 0 fully saturated rings. The lowest BCUT2D eigenvalue weighted by Crippen LogP contribution is -2.02. The molecule has 1 aromatic heterocycles. The molecule has 108 valence electrons. The number of benzene rings is 1. The number of nitrogens with two attached hydrogens (primary N) is 1. The van der Waals surface area contributed by atoms with E-state index in [2.05, 4.69) is 55.5 Å². The van der Waals surface area contributed by atoms with Gasteiger partial charge in [-0.15, -0.1) is 11.8 Å². The van der Waals surface area contributed by atoms with Crippen LogP contribution in [0.1, 0.15) is 25.2 Å². The van der Waals surface area contributed by atoms with Gasteiger partial charge in [-0.25, -0.2) is 0 Å². The molecule has 3 nitrogen and oxygen atoms in total. The molecule has 0 saturated heterocycles. The number of halogens is 2. The maximum Gasteiger partial charge on any atom is 0.0767 e. The first-order chi connectivity index (χ1) is 9.56. The normalized spacial score (nSPS) is 11.0. The number of rotatable bonds is 5. The van der Waals surface area contributed by atoms with Gasteiger partial charge in [-0.2, -0.15) is 5.10 Å². The zero-order valence-corrected chi connectivity index (χ0v) is 15.5. The van der Waals surface area contributed by atoms with Crippen molar-refractivity contribution in [3.05, 3.63) is 38.5 Å². The molecule has 2 rings (SSSR count). The van der Waals surface area contributed by atoms with E-state index >= 15 is 0 Å². The maximum atomic E-state index is 6.04. The van der Waals surface area contributed by atoms with Crippen molar-refractivity contribution in [2.24, 2.45) is 0 Å². The van der Waals surface area contributed by atoms with Crippen molar-refractivity contribution < 1.29 is 0 Å². The minimum absolute atomic E-state index is 0.804. The molecule has 0 atom stereocenters. The Morgan fingerprint density at radius 2 is 2.05 bits per heavy atom. The van der Waals surface area contributed by atoms with Crippen LogP contribution in [0.25, 0.3) is 0 Å². The highest BCUT2D eigenvalue weighted by atomic mass is 79.9. The minimum Gasteiger partial charge on any atom is -0.398 e. The molecule has 0 saturated carbocycles.